The molecule has 1 saturated carbocycles. The molecule has 1 aliphatic carbocycles. The van der Waals surface area contributed by atoms with E-state index in [1.807, 2.05) is 31.2 Å². The van der Waals surface area contributed by atoms with Crippen molar-refractivity contribution < 1.29 is 9.13 Å². The van der Waals surface area contributed by atoms with Gasteiger partial charge in [-0.15, -0.1) is 5.10 Å². The van der Waals surface area contributed by atoms with Crippen molar-refractivity contribution in [2.75, 3.05) is 32.8 Å². The highest BCUT2D eigenvalue weighted by molar-refractivity contribution is 5.80. The molecular formula is C30H36FN7O2. The number of hydrogen-bond donors (Lipinski definition) is 1. The Bertz CT molecular complexity index is 1490. The van der Waals surface area contributed by atoms with Crippen LogP contribution in [0.3, 0.4) is 0 Å². The first kappa shape index (κ1) is 26.6. The minimum absolute atomic E-state index is 0.160. The molecule has 1 aliphatic heterocycles. The molecule has 2 aromatic carbocycles. The predicted molar refractivity (Wildman–Crippen MR) is 151 cm³/mol. The van der Waals surface area contributed by atoms with Crippen molar-refractivity contribution >= 4 is 10.9 Å². The Morgan fingerprint density at radius 1 is 1.02 bits per heavy atom. The van der Waals surface area contributed by atoms with Gasteiger partial charge in [0.1, 0.15) is 17.6 Å². The van der Waals surface area contributed by atoms with Crippen LogP contribution in [0.25, 0.3) is 10.9 Å². The molecule has 6 rings (SSSR count). The van der Waals surface area contributed by atoms with Crippen LogP contribution >= 0.6 is 0 Å². The molecule has 0 radical (unpaired) electrons. The first-order valence-electron chi connectivity index (χ1n) is 14.4. The fourth-order valence-corrected chi connectivity index (χ4v) is 6.25. The first-order valence-corrected chi connectivity index (χ1v) is 14.4. The molecule has 1 atom stereocenters. The number of halogens is 1. The van der Waals surface area contributed by atoms with Crippen LogP contribution in [0.5, 0.6) is 5.75 Å². The summed E-state index contributed by atoms with van der Waals surface area (Å²) in [6.07, 6.45) is 6.49. The van der Waals surface area contributed by atoms with Crippen LogP contribution in [0, 0.1) is 5.82 Å². The normalized spacial score (nSPS) is 18.2. The van der Waals surface area contributed by atoms with Gasteiger partial charge in [0.15, 0.2) is 5.82 Å². The molecule has 3 heterocycles. The molecule has 210 valence electrons. The number of benzene rings is 2. The molecule has 2 aliphatic rings. The van der Waals surface area contributed by atoms with E-state index in [1.165, 1.54) is 44.2 Å². The van der Waals surface area contributed by atoms with Crippen LogP contribution in [-0.4, -0.2) is 73.8 Å². The third-order valence-corrected chi connectivity index (χ3v) is 8.30. The Hall–Kier alpha value is -3.63. The number of fused-ring (bicyclic) bond motifs is 1. The summed E-state index contributed by atoms with van der Waals surface area (Å²) in [6, 6.07) is 14.2. The van der Waals surface area contributed by atoms with Crippen molar-refractivity contribution in [3.05, 3.63) is 81.7 Å². The molecule has 0 bridgehead atoms. The van der Waals surface area contributed by atoms with Gasteiger partial charge in [-0.2, -0.15) is 0 Å². The molecule has 0 amide bonds. The van der Waals surface area contributed by atoms with Crippen molar-refractivity contribution in [2.45, 2.75) is 57.7 Å². The third-order valence-electron chi connectivity index (χ3n) is 8.30. The van der Waals surface area contributed by atoms with Crippen LogP contribution in [0.4, 0.5) is 4.39 Å². The van der Waals surface area contributed by atoms with E-state index in [0.717, 1.165) is 48.4 Å². The second-order valence-electron chi connectivity index (χ2n) is 10.8. The Balaban J connectivity index is 1.36. The number of aromatic nitrogens is 5. The largest absolute Gasteiger partial charge is 0.494 e. The van der Waals surface area contributed by atoms with Gasteiger partial charge in [-0.1, -0.05) is 31.4 Å². The number of piperazine rings is 1. The van der Waals surface area contributed by atoms with Crippen LogP contribution in [0.2, 0.25) is 0 Å². The number of tetrazole rings is 1. The maximum Gasteiger partial charge on any atom is 0.253 e. The zero-order chi connectivity index (χ0) is 27.5. The lowest BCUT2D eigenvalue weighted by Gasteiger charge is -2.43. The van der Waals surface area contributed by atoms with Crippen LogP contribution in [-0.2, 0) is 6.54 Å². The molecule has 4 aromatic rings. The van der Waals surface area contributed by atoms with Gasteiger partial charge in [-0.05, 0) is 72.2 Å². The average molecular weight is 546 g/mol. The molecule has 40 heavy (non-hydrogen) atoms. The fourth-order valence-electron chi connectivity index (χ4n) is 6.25. The minimum Gasteiger partial charge on any atom is -0.494 e. The fraction of sp³-hybridized carbons (Fsp3) is 0.467. The van der Waals surface area contributed by atoms with Crippen molar-refractivity contribution in [1.82, 2.24) is 35.0 Å². The van der Waals surface area contributed by atoms with Crippen molar-refractivity contribution in [3.63, 3.8) is 0 Å². The van der Waals surface area contributed by atoms with E-state index in [4.69, 9.17) is 4.74 Å². The van der Waals surface area contributed by atoms with E-state index < -0.39 is 6.04 Å². The quantitative estimate of drug-likeness (QED) is 0.356. The van der Waals surface area contributed by atoms with Gasteiger partial charge in [0.25, 0.3) is 5.56 Å². The highest BCUT2D eigenvalue weighted by Crippen LogP contribution is 2.31. The summed E-state index contributed by atoms with van der Waals surface area (Å²) in [6.45, 7) is 6.39. The summed E-state index contributed by atoms with van der Waals surface area (Å²) < 4.78 is 21.0. The summed E-state index contributed by atoms with van der Waals surface area (Å²) in [5, 5.41) is 13.6. The van der Waals surface area contributed by atoms with Gasteiger partial charge in [-0.25, -0.2) is 9.07 Å². The highest BCUT2D eigenvalue weighted by atomic mass is 19.1. The maximum absolute atomic E-state index is 13.6. The second kappa shape index (κ2) is 11.9. The summed E-state index contributed by atoms with van der Waals surface area (Å²) >= 11 is 0. The Morgan fingerprint density at radius 3 is 2.55 bits per heavy atom. The Morgan fingerprint density at radius 2 is 1.80 bits per heavy atom. The number of H-pyrrole nitrogens is 1. The maximum atomic E-state index is 13.6. The lowest BCUT2D eigenvalue weighted by molar-refractivity contribution is 0.0618. The van der Waals surface area contributed by atoms with Crippen molar-refractivity contribution in [1.29, 1.82) is 0 Å². The first-order chi connectivity index (χ1) is 19.6. The zero-order valence-corrected chi connectivity index (χ0v) is 22.9. The monoisotopic (exact) mass is 545 g/mol. The molecule has 0 unspecified atom stereocenters. The van der Waals surface area contributed by atoms with Gasteiger partial charge < -0.3 is 9.72 Å². The van der Waals surface area contributed by atoms with Gasteiger partial charge in [0.2, 0.25) is 0 Å². The number of aromatic amines is 1. The molecular weight excluding hydrogens is 509 g/mol. The van der Waals surface area contributed by atoms with Gasteiger partial charge in [-0.3, -0.25) is 14.6 Å². The number of pyridine rings is 1. The minimum atomic E-state index is -0.437. The molecule has 10 heteroatoms. The Labute approximate surface area is 232 Å². The number of ether oxygens (including phenoxy) is 1. The topological polar surface area (TPSA) is 92.2 Å². The number of nitrogens with one attached hydrogen (secondary N) is 1. The summed E-state index contributed by atoms with van der Waals surface area (Å²) in [5.74, 6) is 1.07. The van der Waals surface area contributed by atoms with Crippen molar-refractivity contribution in [2.24, 2.45) is 0 Å². The molecule has 0 spiro atoms. The van der Waals surface area contributed by atoms with Crippen LogP contribution in [0.15, 0.2) is 53.3 Å². The molecule has 2 fully saturated rings. The zero-order valence-electron chi connectivity index (χ0n) is 22.9. The van der Waals surface area contributed by atoms with E-state index in [0.29, 0.717) is 30.6 Å². The number of rotatable bonds is 8. The average Bonchev–Trinajstić information content (AvgIpc) is 3.43. The Kier molecular flexibility index (Phi) is 7.88. The summed E-state index contributed by atoms with van der Waals surface area (Å²) in [4.78, 5) is 21.6. The van der Waals surface area contributed by atoms with E-state index >= 15 is 0 Å². The highest BCUT2D eigenvalue weighted by Gasteiger charge is 2.34. The number of nitrogens with zero attached hydrogens (tertiary/aromatic N) is 6. The van der Waals surface area contributed by atoms with E-state index in [-0.39, 0.29) is 11.4 Å². The van der Waals surface area contributed by atoms with E-state index in [2.05, 4.69) is 30.3 Å². The second-order valence-corrected chi connectivity index (χ2v) is 10.8. The number of hydrogen-bond acceptors (Lipinski definition) is 7. The van der Waals surface area contributed by atoms with Crippen molar-refractivity contribution in [3.8, 4) is 5.75 Å². The third kappa shape index (κ3) is 5.64. The lowest BCUT2D eigenvalue weighted by atomic mass is 9.93. The van der Waals surface area contributed by atoms with E-state index in [9.17, 15) is 9.18 Å². The molecule has 1 N–H and O–H groups in total. The summed E-state index contributed by atoms with van der Waals surface area (Å²) in [7, 11) is 0. The molecule has 2 aromatic heterocycles. The van der Waals surface area contributed by atoms with Gasteiger partial charge >= 0.3 is 0 Å². The summed E-state index contributed by atoms with van der Waals surface area (Å²) in [5.41, 5.74) is 2.07. The predicted octanol–water partition coefficient (Wildman–Crippen LogP) is 4.14. The smallest absolute Gasteiger partial charge is 0.253 e. The lowest BCUT2D eigenvalue weighted by Crippen LogP contribution is -2.52. The van der Waals surface area contributed by atoms with Gasteiger partial charge in [0, 0.05) is 48.7 Å². The standard InChI is InChI=1S/C30H36FN7O2/c1-2-40-25-12-13-27-22(18-25)19-26(30(39)32-27)28(37-16-14-36(15-17-37)24-6-4-3-5-7-24)29-33-34-35-38(29)20-21-8-10-23(31)11-9-21/h8-13,18-19,24,28H,2-7,14-17,20H2,1H3,(H,32,39)/t28-/m1/s1. The molecule has 1 saturated heterocycles. The molecule has 9 nitrogen and oxygen atoms in total. The SMILES string of the molecule is CCOc1ccc2[nH]c(=O)c([C@H](c3nnnn3Cc3ccc(F)cc3)N3CCN(C4CCCCC4)CC3)cc2c1. The van der Waals surface area contributed by atoms with Gasteiger partial charge in [0.05, 0.1) is 13.2 Å². The van der Waals surface area contributed by atoms with Crippen LogP contribution in [0.1, 0.15) is 62.0 Å². The van der Waals surface area contributed by atoms with E-state index in [1.54, 1.807) is 16.8 Å². The van der Waals surface area contributed by atoms with Crippen LogP contribution < -0.4 is 10.3 Å².